The van der Waals surface area contributed by atoms with Gasteiger partial charge in [0.25, 0.3) is 0 Å². The number of aromatic nitrogens is 2. The van der Waals surface area contributed by atoms with Crippen molar-refractivity contribution in [2.45, 2.75) is 18.0 Å². The van der Waals surface area contributed by atoms with Gasteiger partial charge in [-0.3, -0.25) is 0 Å². The maximum atomic E-state index is 12.1. The summed E-state index contributed by atoms with van der Waals surface area (Å²) in [6.07, 6.45) is 1.15. The highest BCUT2D eigenvalue weighted by Gasteiger charge is 2.19. The van der Waals surface area contributed by atoms with E-state index in [1.165, 1.54) is 11.3 Å². The molecule has 0 bridgehead atoms. The van der Waals surface area contributed by atoms with Gasteiger partial charge in [0.15, 0.2) is 5.82 Å². The normalized spacial score (nSPS) is 11.8. The summed E-state index contributed by atoms with van der Waals surface area (Å²) in [6, 6.07) is 1.58. The molecule has 0 fully saturated rings. The van der Waals surface area contributed by atoms with E-state index in [0.29, 0.717) is 12.4 Å². The third-order valence-corrected chi connectivity index (χ3v) is 4.69. The second-order valence-corrected chi connectivity index (χ2v) is 6.15. The molecule has 2 aromatic heterocycles. The third-order valence-electron chi connectivity index (χ3n) is 2.16. The Morgan fingerprint density at radius 3 is 2.94 bits per heavy atom. The average Bonchev–Trinajstić information content (AvgIpc) is 2.97. The number of sulfonamides is 1. The number of nitrogens with one attached hydrogen (secondary N) is 2. The lowest BCUT2D eigenvalue weighted by Gasteiger charge is -2.05. The summed E-state index contributed by atoms with van der Waals surface area (Å²) in [4.78, 5) is 4.79. The van der Waals surface area contributed by atoms with E-state index in [0.717, 1.165) is 11.3 Å². The molecule has 98 valence electrons. The first kappa shape index (κ1) is 13.1. The van der Waals surface area contributed by atoms with Crippen molar-refractivity contribution < 1.29 is 12.9 Å². The van der Waals surface area contributed by atoms with Crippen molar-refractivity contribution >= 4 is 21.4 Å². The van der Waals surface area contributed by atoms with Crippen LogP contribution in [0, 0.1) is 0 Å². The number of rotatable bonds is 6. The zero-order valence-electron chi connectivity index (χ0n) is 9.58. The van der Waals surface area contributed by atoms with Crippen LogP contribution in [0.3, 0.4) is 0 Å². The molecule has 0 saturated carbocycles. The van der Waals surface area contributed by atoms with E-state index < -0.39 is 10.0 Å². The Kier molecular flexibility index (Phi) is 4.07. The van der Waals surface area contributed by atoms with Crippen LogP contribution in [-0.4, -0.2) is 25.6 Å². The third kappa shape index (κ3) is 2.93. The van der Waals surface area contributed by atoms with Gasteiger partial charge in [0.1, 0.15) is 0 Å². The largest absolute Gasteiger partial charge is 0.343 e. The Balaban J connectivity index is 2.12. The van der Waals surface area contributed by atoms with Crippen LogP contribution >= 0.6 is 11.3 Å². The second-order valence-electron chi connectivity index (χ2n) is 3.41. The van der Waals surface area contributed by atoms with Gasteiger partial charge >= 0.3 is 0 Å². The summed E-state index contributed by atoms with van der Waals surface area (Å²) in [5, 5.41) is 8.21. The highest BCUT2D eigenvalue weighted by atomic mass is 32.2. The molecule has 0 atom stereocenters. The van der Waals surface area contributed by atoms with Crippen molar-refractivity contribution in [1.82, 2.24) is 20.2 Å². The second kappa shape index (κ2) is 5.57. The zero-order valence-corrected chi connectivity index (χ0v) is 11.2. The molecule has 2 aromatic rings. The summed E-state index contributed by atoms with van der Waals surface area (Å²) in [6.45, 7) is 0.518. The van der Waals surface area contributed by atoms with E-state index in [4.69, 9.17) is 0 Å². The number of nitrogens with zero attached hydrogens (tertiary/aromatic N) is 2. The average molecular weight is 288 g/mol. The molecule has 0 spiro atoms. The lowest BCUT2D eigenvalue weighted by atomic mass is 10.5. The van der Waals surface area contributed by atoms with E-state index in [1.807, 2.05) is 0 Å². The van der Waals surface area contributed by atoms with Crippen LogP contribution in [0.15, 0.2) is 27.3 Å². The van der Waals surface area contributed by atoms with Crippen LogP contribution in [0.25, 0.3) is 0 Å². The quantitative estimate of drug-likeness (QED) is 0.795. The predicted molar refractivity (Wildman–Crippen MR) is 65.4 cm³/mol. The summed E-state index contributed by atoms with van der Waals surface area (Å²) >= 11 is 1.39. The van der Waals surface area contributed by atoms with Crippen LogP contribution in [0.5, 0.6) is 0 Å². The van der Waals surface area contributed by atoms with E-state index in [9.17, 15) is 8.42 Å². The maximum absolute atomic E-state index is 12.1. The number of hydrogen-bond donors (Lipinski definition) is 2. The van der Waals surface area contributed by atoms with Gasteiger partial charge in [0.2, 0.25) is 16.4 Å². The van der Waals surface area contributed by atoms with Gasteiger partial charge in [-0.05, 0) is 18.5 Å². The Morgan fingerprint density at radius 1 is 1.44 bits per heavy atom. The molecule has 2 N–H and O–H groups in total. The van der Waals surface area contributed by atoms with Crippen LogP contribution in [0.1, 0.15) is 10.7 Å². The lowest BCUT2D eigenvalue weighted by Crippen LogP contribution is -2.24. The summed E-state index contributed by atoms with van der Waals surface area (Å²) in [7, 11) is -1.78. The zero-order chi connectivity index (χ0) is 13.0. The van der Waals surface area contributed by atoms with Gasteiger partial charge in [-0.15, -0.1) is 11.3 Å². The Morgan fingerprint density at radius 2 is 2.28 bits per heavy atom. The Hall–Kier alpha value is -1.29. The Bertz CT molecular complexity index is 591. The van der Waals surface area contributed by atoms with Gasteiger partial charge in [0, 0.05) is 11.4 Å². The van der Waals surface area contributed by atoms with E-state index >= 15 is 0 Å². The molecule has 2 rings (SSSR count). The van der Waals surface area contributed by atoms with Crippen LogP contribution in [-0.2, 0) is 23.1 Å². The molecular weight excluding hydrogens is 276 g/mol. The summed E-state index contributed by atoms with van der Waals surface area (Å²) < 4.78 is 31.1. The monoisotopic (exact) mass is 288 g/mol. The topological polar surface area (TPSA) is 97.1 Å². The molecule has 0 radical (unpaired) electrons. The first-order valence-electron chi connectivity index (χ1n) is 5.09. The minimum Gasteiger partial charge on any atom is -0.343 e. The molecule has 2 heterocycles. The van der Waals surface area contributed by atoms with E-state index in [-0.39, 0.29) is 11.4 Å². The number of thiophene rings is 1. The molecule has 0 aliphatic heterocycles. The molecule has 0 saturated heterocycles. The van der Waals surface area contributed by atoms with Crippen molar-refractivity contribution in [3.63, 3.8) is 0 Å². The molecule has 0 aliphatic carbocycles. The minimum absolute atomic E-state index is 0.00761. The van der Waals surface area contributed by atoms with E-state index in [1.54, 1.807) is 18.5 Å². The predicted octanol–water partition coefficient (Wildman–Crippen LogP) is 0.329. The Labute approximate surface area is 108 Å². The fourth-order valence-corrected chi connectivity index (χ4v) is 3.80. The highest BCUT2D eigenvalue weighted by molar-refractivity contribution is 7.89. The van der Waals surface area contributed by atoms with Crippen LogP contribution in [0.2, 0.25) is 0 Å². The fourth-order valence-electron chi connectivity index (χ4n) is 1.37. The maximum Gasteiger partial charge on any atom is 0.242 e. The number of hydrogen-bond acceptors (Lipinski definition) is 7. The minimum atomic E-state index is -3.55. The summed E-state index contributed by atoms with van der Waals surface area (Å²) in [5.74, 6) is 0.295. The van der Waals surface area contributed by atoms with Crippen molar-refractivity contribution in [2.24, 2.45) is 0 Å². The van der Waals surface area contributed by atoms with Crippen LogP contribution < -0.4 is 10.0 Å². The summed E-state index contributed by atoms with van der Waals surface area (Å²) in [5.41, 5.74) is 0. The van der Waals surface area contributed by atoms with Crippen molar-refractivity contribution in [3.05, 3.63) is 28.5 Å². The standard InChI is InChI=1S/C9H12N4O3S2/c1-10-4-7-8(2-3-17-7)18(14,15)12-5-9-11-6-16-13-9/h2-3,6,10,12H,4-5H2,1H3. The SMILES string of the molecule is CNCc1sccc1S(=O)(=O)NCc1ncon1. The molecule has 0 aromatic carbocycles. The van der Waals surface area contributed by atoms with Gasteiger partial charge in [-0.25, -0.2) is 13.1 Å². The molecule has 0 unspecified atom stereocenters. The van der Waals surface area contributed by atoms with Gasteiger partial charge in [-0.2, -0.15) is 4.98 Å². The molecular formula is C9H12N4O3S2. The molecule has 7 nitrogen and oxygen atoms in total. The molecule has 18 heavy (non-hydrogen) atoms. The van der Waals surface area contributed by atoms with E-state index in [2.05, 4.69) is 24.7 Å². The van der Waals surface area contributed by atoms with Gasteiger partial charge in [-0.1, -0.05) is 5.16 Å². The van der Waals surface area contributed by atoms with Crippen LogP contribution in [0.4, 0.5) is 0 Å². The first-order valence-corrected chi connectivity index (χ1v) is 7.45. The van der Waals surface area contributed by atoms with Crippen molar-refractivity contribution in [2.75, 3.05) is 7.05 Å². The van der Waals surface area contributed by atoms with Gasteiger partial charge < -0.3 is 9.84 Å². The van der Waals surface area contributed by atoms with Crippen molar-refractivity contribution in [3.8, 4) is 0 Å². The molecule has 9 heteroatoms. The molecule has 0 aliphatic rings. The molecule has 0 amide bonds. The van der Waals surface area contributed by atoms with Crippen molar-refractivity contribution in [1.29, 1.82) is 0 Å². The fraction of sp³-hybridized carbons (Fsp3) is 0.333. The van der Waals surface area contributed by atoms with Gasteiger partial charge in [0.05, 0.1) is 11.4 Å². The highest BCUT2D eigenvalue weighted by Crippen LogP contribution is 2.21. The smallest absolute Gasteiger partial charge is 0.242 e. The first-order chi connectivity index (χ1) is 8.63. The lowest BCUT2D eigenvalue weighted by molar-refractivity contribution is 0.409.